The summed E-state index contributed by atoms with van der Waals surface area (Å²) < 4.78 is 31.1. The van der Waals surface area contributed by atoms with Gasteiger partial charge in [-0.15, -0.1) is 5.10 Å². The minimum atomic E-state index is -3.06. The van der Waals surface area contributed by atoms with Crippen LogP contribution in [0.15, 0.2) is 9.95 Å². The van der Waals surface area contributed by atoms with E-state index in [2.05, 4.69) is 10.2 Å². The fourth-order valence-electron chi connectivity index (χ4n) is 4.65. The molecule has 162 valence electrons. The van der Waals surface area contributed by atoms with Crippen LogP contribution < -0.4 is 5.69 Å². The van der Waals surface area contributed by atoms with Crippen molar-refractivity contribution in [2.75, 3.05) is 23.9 Å². The van der Waals surface area contributed by atoms with Crippen molar-refractivity contribution in [2.24, 2.45) is 0 Å². The van der Waals surface area contributed by atoms with Crippen LogP contribution in [0.25, 0.3) is 0 Å². The molecular formula is C18H28N4O5S2. The molecule has 0 bridgehead atoms. The summed E-state index contributed by atoms with van der Waals surface area (Å²) in [5.74, 6) is 0.291. The molecule has 3 heterocycles. The number of ether oxygens (including phenoxy) is 1. The maximum Gasteiger partial charge on any atom is 0.344 e. The molecule has 1 aromatic rings. The molecule has 3 fully saturated rings. The zero-order valence-electron chi connectivity index (χ0n) is 16.4. The monoisotopic (exact) mass is 444 g/mol. The van der Waals surface area contributed by atoms with Crippen molar-refractivity contribution in [1.82, 2.24) is 19.7 Å². The number of hydrogen-bond acceptors (Lipinski definition) is 7. The quantitative estimate of drug-likeness (QED) is 0.619. The van der Waals surface area contributed by atoms with Gasteiger partial charge in [0.2, 0.25) is 5.91 Å². The van der Waals surface area contributed by atoms with Gasteiger partial charge >= 0.3 is 5.69 Å². The molecule has 1 aromatic heterocycles. The lowest BCUT2D eigenvalue weighted by Gasteiger charge is -2.34. The van der Waals surface area contributed by atoms with E-state index >= 15 is 0 Å². The summed E-state index contributed by atoms with van der Waals surface area (Å²) in [6, 6.07) is -0.112. The third kappa shape index (κ3) is 4.88. The van der Waals surface area contributed by atoms with E-state index in [1.165, 1.54) is 16.3 Å². The Balaban J connectivity index is 1.44. The Hall–Kier alpha value is -1.33. The minimum absolute atomic E-state index is 0.000894. The first-order chi connectivity index (χ1) is 13.9. The molecule has 0 spiro atoms. The number of nitrogens with zero attached hydrogens (tertiary/aromatic N) is 3. The number of rotatable bonds is 7. The Morgan fingerprint density at radius 3 is 2.66 bits per heavy atom. The summed E-state index contributed by atoms with van der Waals surface area (Å²) in [4.78, 5) is 27.1. The molecule has 4 rings (SSSR count). The largest absolute Gasteiger partial charge is 0.376 e. The van der Waals surface area contributed by atoms with E-state index in [9.17, 15) is 18.0 Å². The van der Waals surface area contributed by atoms with Crippen molar-refractivity contribution in [1.29, 1.82) is 0 Å². The first-order valence-corrected chi connectivity index (χ1v) is 13.1. The number of carbonyl (C=O) groups is 1. The van der Waals surface area contributed by atoms with E-state index in [1.54, 1.807) is 0 Å². The van der Waals surface area contributed by atoms with Gasteiger partial charge in [-0.3, -0.25) is 9.36 Å². The predicted octanol–water partition coefficient (Wildman–Crippen LogP) is 0.801. The molecule has 0 radical (unpaired) electrons. The summed E-state index contributed by atoms with van der Waals surface area (Å²) >= 11 is 1.23. The fourth-order valence-corrected chi connectivity index (χ4v) is 7.19. The van der Waals surface area contributed by atoms with E-state index in [-0.39, 0.29) is 47.0 Å². The number of amides is 1. The van der Waals surface area contributed by atoms with Gasteiger partial charge in [0.05, 0.1) is 29.9 Å². The van der Waals surface area contributed by atoms with Gasteiger partial charge in [0, 0.05) is 18.7 Å². The maximum absolute atomic E-state index is 13.1. The van der Waals surface area contributed by atoms with Crippen LogP contribution in [0.3, 0.4) is 0 Å². The van der Waals surface area contributed by atoms with Crippen LogP contribution in [0.5, 0.6) is 0 Å². The van der Waals surface area contributed by atoms with Gasteiger partial charge in [0.1, 0.15) is 0 Å². The normalized spacial score (nSPS) is 26.9. The maximum atomic E-state index is 13.1. The molecule has 1 amide bonds. The minimum Gasteiger partial charge on any atom is -0.376 e. The molecule has 1 aliphatic carbocycles. The average molecular weight is 445 g/mol. The number of hydrogen-bond donors (Lipinski definition) is 1. The summed E-state index contributed by atoms with van der Waals surface area (Å²) in [5, 5.41) is 7.01. The third-order valence-electron chi connectivity index (χ3n) is 6.07. The number of aromatic nitrogens is 3. The van der Waals surface area contributed by atoms with Crippen molar-refractivity contribution in [3.63, 3.8) is 0 Å². The van der Waals surface area contributed by atoms with Gasteiger partial charge in [0.15, 0.2) is 15.0 Å². The molecular weight excluding hydrogens is 416 g/mol. The van der Waals surface area contributed by atoms with Gasteiger partial charge < -0.3 is 9.64 Å². The number of aromatic amines is 1. The number of carbonyl (C=O) groups excluding carboxylic acids is 1. The van der Waals surface area contributed by atoms with E-state index in [4.69, 9.17) is 4.74 Å². The molecule has 0 aromatic carbocycles. The van der Waals surface area contributed by atoms with Crippen LogP contribution in [0, 0.1) is 0 Å². The van der Waals surface area contributed by atoms with Gasteiger partial charge in [-0.2, -0.15) is 0 Å². The van der Waals surface area contributed by atoms with Crippen molar-refractivity contribution >= 4 is 27.5 Å². The van der Waals surface area contributed by atoms with Gasteiger partial charge in [-0.1, -0.05) is 24.6 Å². The Morgan fingerprint density at radius 2 is 2.00 bits per heavy atom. The number of nitrogens with one attached hydrogen (secondary N) is 1. The van der Waals surface area contributed by atoms with Crippen LogP contribution in [0.2, 0.25) is 0 Å². The standard InChI is InChI=1S/C18H28N4O5S2/c23-16(22(13-4-1-2-5-13)14-7-9-29(25,26)12-14)11-28-18-20-19-17(24)21(18)10-15-6-3-8-27-15/h13-15H,1-12H2,(H,19,24). The first kappa shape index (κ1) is 20.9. The van der Waals surface area contributed by atoms with E-state index in [0.717, 1.165) is 38.5 Å². The zero-order chi connectivity index (χ0) is 20.4. The lowest BCUT2D eigenvalue weighted by atomic mass is 10.1. The second-order valence-corrected chi connectivity index (χ2v) is 11.3. The molecule has 1 saturated carbocycles. The number of thioether (sulfide) groups is 1. The summed E-state index contributed by atoms with van der Waals surface area (Å²) in [7, 11) is -3.06. The molecule has 29 heavy (non-hydrogen) atoms. The lowest BCUT2D eigenvalue weighted by molar-refractivity contribution is -0.132. The second kappa shape index (κ2) is 8.81. The molecule has 1 N–H and O–H groups in total. The third-order valence-corrected chi connectivity index (χ3v) is 8.78. The van der Waals surface area contributed by atoms with Crippen LogP contribution in [-0.4, -0.2) is 76.0 Å². The summed E-state index contributed by atoms with van der Waals surface area (Å²) in [6.07, 6.45) is 6.41. The van der Waals surface area contributed by atoms with Crippen molar-refractivity contribution < 1.29 is 17.9 Å². The molecule has 9 nitrogen and oxygen atoms in total. The summed E-state index contributed by atoms with van der Waals surface area (Å²) in [6.45, 7) is 1.14. The zero-order valence-corrected chi connectivity index (χ0v) is 18.0. The lowest BCUT2D eigenvalue weighted by Crippen LogP contribution is -2.47. The van der Waals surface area contributed by atoms with E-state index in [0.29, 0.717) is 24.7 Å². The van der Waals surface area contributed by atoms with Crippen LogP contribution in [0.1, 0.15) is 44.9 Å². The van der Waals surface area contributed by atoms with Gasteiger partial charge in [0.25, 0.3) is 0 Å². The highest BCUT2D eigenvalue weighted by Crippen LogP contribution is 2.30. The summed E-state index contributed by atoms with van der Waals surface area (Å²) in [5.41, 5.74) is -0.301. The highest BCUT2D eigenvalue weighted by molar-refractivity contribution is 7.99. The Kier molecular flexibility index (Phi) is 6.35. The molecule has 2 atom stereocenters. The smallest absolute Gasteiger partial charge is 0.344 e. The Morgan fingerprint density at radius 1 is 1.21 bits per heavy atom. The van der Waals surface area contributed by atoms with Crippen molar-refractivity contribution in [3.8, 4) is 0 Å². The average Bonchev–Trinajstić information content (AvgIpc) is 3.46. The molecule has 2 unspecified atom stereocenters. The van der Waals surface area contributed by atoms with Crippen LogP contribution >= 0.6 is 11.8 Å². The molecule has 2 aliphatic heterocycles. The van der Waals surface area contributed by atoms with Gasteiger partial charge in [-0.05, 0) is 32.1 Å². The van der Waals surface area contributed by atoms with Crippen molar-refractivity contribution in [2.45, 2.75) is 74.8 Å². The number of H-pyrrole nitrogens is 1. The molecule has 11 heteroatoms. The second-order valence-electron chi connectivity index (χ2n) is 8.14. The number of sulfone groups is 1. The highest BCUT2D eigenvalue weighted by Gasteiger charge is 2.39. The molecule has 2 saturated heterocycles. The van der Waals surface area contributed by atoms with Crippen LogP contribution in [0.4, 0.5) is 0 Å². The Labute approximate surface area is 174 Å². The topological polar surface area (TPSA) is 114 Å². The SMILES string of the molecule is O=C(CSc1n[nH]c(=O)n1CC1CCCO1)N(C1CCCC1)C1CCS(=O)(=O)C1. The van der Waals surface area contributed by atoms with Crippen LogP contribution in [-0.2, 0) is 25.9 Å². The van der Waals surface area contributed by atoms with E-state index in [1.807, 2.05) is 4.90 Å². The Bertz CT molecular complexity index is 884. The predicted molar refractivity (Wildman–Crippen MR) is 109 cm³/mol. The molecule has 3 aliphatic rings. The fraction of sp³-hybridized carbons (Fsp3) is 0.833. The first-order valence-electron chi connectivity index (χ1n) is 10.3. The highest BCUT2D eigenvalue weighted by atomic mass is 32.2. The van der Waals surface area contributed by atoms with E-state index < -0.39 is 9.84 Å². The van der Waals surface area contributed by atoms with Crippen molar-refractivity contribution in [3.05, 3.63) is 10.5 Å². The van der Waals surface area contributed by atoms with Gasteiger partial charge in [-0.25, -0.2) is 18.3 Å².